The lowest BCUT2D eigenvalue weighted by Gasteiger charge is -2.29. The zero-order valence-corrected chi connectivity index (χ0v) is 24.1. The molecule has 0 bridgehead atoms. The fourth-order valence-corrected chi connectivity index (χ4v) is 4.94. The molecule has 1 aromatic heterocycles. The molecule has 218 valence electrons. The number of carbonyl (C=O) groups excluding carboxylic acids is 1. The van der Waals surface area contributed by atoms with Crippen molar-refractivity contribution in [2.45, 2.75) is 77.1 Å². The molecule has 41 heavy (non-hydrogen) atoms. The van der Waals surface area contributed by atoms with Crippen molar-refractivity contribution >= 4 is 12.1 Å². The summed E-state index contributed by atoms with van der Waals surface area (Å²) in [5, 5.41) is 20.4. The number of aromatic nitrogens is 1. The predicted molar refractivity (Wildman–Crippen MR) is 157 cm³/mol. The van der Waals surface area contributed by atoms with Gasteiger partial charge in [-0.3, -0.25) is 4.98 Å². The van der Waals surface area contributed by atoms with Gasteiger partial charge in [-0.15, -0.1) is 0 Å². The van der Waals surface area contributed by atoms with Crippen molar-refractivity contribution in [2.75, 3.05) is 13.1 Å². The molecule has 1 atom stereocenters. The first-order valence-electron chi connectivity index (χ1n) is 14.3. The molecular formula is C33H40N2O6. The SMILES string of the molecule is CC(C)(C)OC(=O)N(CCc1ccc(-c2ccc(C(=O)O)c(OC3CCCCC3)c2)cc1)C[C@H](O)c1cccnc1. The van der Waals surface area contributed by atoms with Crippen LogP contribution in [0.1, 0.15) is 80.5 Å². The standard InChI is InChI=1S/C33H40N2O6/c1-33(2,3)41-32(39)35(22-29(36)26-8-7-18-34-21-26)19-17-23-11-13-24(14-12-23)25-15-16-28(31(37)38)30(20-25)40-27-9-5-4-6-10-27/h7-8,11-16,18,20-21,27,29,36H,4-6,9-10,17,19,22H2,1-3H3,(H,37,38)/t29-/m0/s1. The summed E-state index contributed by atoms with van der Waals surface area (Å²) in [5.41, 5.74) is 2.97. The van der Waals surface area contributed by atoms with Crippen molar-refractivity contribution in [1.29, 1.82) is 0 Å². The van der Waals surface area contributed by atoms with Crippen LogP contribution in [-0.4, -0.2) is 57.0 Å². The number of aliphatic hydroxyl groups excluding tert-OH is 1. The number of carbonyl (C=O) groups is 2. The highest BCUT2D eigenvalue weighted by Gasteiger charge is 2.25. The van der Waals surface area contributed by atoms with E-state index in [1.54, 1.807) is 36.7 Å². The van der Waals surface area contributed by atoms with Gasteiger partial charge < -0.3 is 24.6 Å². The van der Waals surface area contributed by atoms with Gasteiger partial charge >= 0.3 is 12.1 Å². The van der Waals surface area contributed by atoms with E-state index in [4.69, 9.17) is 9.47 Å². The Balaban J connectivity index is 1.46. The third-order valence-electron chi connectivity index (χ3n) is 7.13. The fourth-order valence-electron chi connectivity index (χ4n) is 4.94. The predicted octanol–water partition coefficient (Wildman–Crippen LogP) is 6.67. The number of carboxylic acids is 1. The zero-order valence-electron chi connectivity index (χ0n) is 24.1. The number of carboxylic acid groups (broad SMARTS) is 1. The average molecular weight is 561 g/mol. The summed E-state index contributed by atoms with van der Waals surface area (Å²) in [6, 6.07) is 16.7. The van der Waals surface area contributed by atoms with Crippen LogP contribution in [0.4, 0.5) is 4.79 Å². The summed E-state index contributed by atoms with van der Waals surface area (Å²) >= 11 is 0. The van der Waals surface area contributed by atoms with Gasteiger partial charge in [0.05, 0.1) is 18.8 Å². The van der Waals surface area contributed by atoms with E-state index < -0.39 is 23.8 Å². The van der Waals surface area contributed by atoms with Gasteiger partial charge in [-0.1, -0.05) is 42.8 Å². The molecule has 4 rings (SSSR count). The lowest BCUT2D eigenvalue weighted by atomic mass is 9.97. The Morgan fingerprint density at radius 3 is 2.37 bits per heavy atom. The van der Waals surface area contributed by atoms with Crippen molar-refractivity contribution in [3.8, 4) is 16.9 Å². The van der Waals surface area contributed by atoms with E-state index in [2.05, 4.69) is 4.98 Å². The minimum absolute atomic E-state index is 0.0454. The van der Waals surface area contributed by atoms with Crippen molar-refractivity contribution < 1.29 is 29.3 Å². The Labute approximate surface area is 241 Å². The molecule has 2 N–H and O–H groups in total. The Kier molecular flexibility index (Phi) is 10.00. The van der Waals surface area contributed by atoms with E-state index >= 15 is 0 Å². The molecule has 2 aromatic carbocycles. The molecule has 0 unspecified atom stereocenters. The maximum Gasteiger partial charge on any atom is 0.410 e. The van der Waals surface area contributed by atoms with E-state index in [-0.39, 0.29) is 18.2 Å². The zero-order chi connectivity index (χ0) is 29.4. The summed E-state index contributed by atoms with van der Waals surface area (Å²) in [4.78, 5) is 30.4. The van der Waals surface area contributed by atoms with Crippen LogP contribution in [0.3, 0.4) is 0 Å². The number of hydrogen-bond acceptors (Lipinski definition) is 6. The van der Waals surface area contributed by atoms with Gasteiger partial charge in [0, 0.05) is 24.5 Å². The first-order chi connectivity index (χ1) is 19.6. The van der Waals surface area contributed by atoms with E-state index in [0.717, 1.165) is 42.4 Å². The van der Waals surface area contributed by atoms with Crippen molar-refractivity contribution in [3.05, 3.63) is 83.7 Å². The number of amides is 1. The smallest absolute Gasteiger partial charge is 0.410 e. The highest BCUT2D eigenvalue weighted by Crippen LogP contribution is 2.31. The number of aromatic carboxylic acids is 1. The van der Waals surface area contributed by atoms with Crippen LogP contribution in [0.15, 0.2) is 67.0 Å². The fraction of sp³-hybridized carbons (Fsp3) is 0.424. The highest BCUT2D eigenvalue weighted by molar-refractivity contribution is 5.92. The van der Waals surface area contributed by atoms with Crippen LogP contribution in [0.5, 0.6) is 5.75 Å². The average Bonchev–Trinajstić information content (AvgIpc) is 2.95. The molecule has 0 spiro atoms. The van der Waals surface area contributed by atoms with Crippen LogP contribution >= 0.6 is 0 Å². The molecule has 1 aliphatic carbocycles. The van der Waals surface area contributed by atoms with Crippen LogP contribution in [-0.2, 0) is 11.2 Å². The quantitative estimate of drug-likeness (QED) is 0.285. The minimum atomic E-state index is -0.999. The minimum Gasteiger partial charge on any atom is -0.490 e. The largest absolute Gasteiger partial charge is 0.490 e. The molecule has 8 heteroatoms. The van der Waals surface area contributed by atoms with Crippen LogP contribution in [0.2, 0.25) is 0 Å². The maximum atomic E-state index is 13.0. The third kappa shape index (κ3) is 8.79. The first-order valence-corrected chi connectivity index (χ1v) is 14.3. The monoisotopic (exact) mass is 560 g/mol. The van der Waals surface area contributed by atoms with Gasteiger partial charge in [-0.05, 0) is 87.8 Å². The molecule has 0 aliphatic heterocycles. The number of benzene rings is 2. The third-order valence-corrected chi connectivity index (χ3v) is 7.13. The topological polar surface area (TPSA) is 109 Å². The van der Waals surface area contributed by atoms with Gasteiger partial charge in [0.15, 0.2) is 0 Å². The number of nitrogens with zero attached hydrogens (tertiary/aromatic N) is 2. The van der Waals surface area contributed by atoms with E-state index in [9.17, 15) is 19.8 Å². The second-order valence-corrected chi connectivity index (χ2v) is 11.6. The van der Waals surface area contributed by atoms with Gasteiger partial charge in [0.25, 0.3) is 0 Å². The number of hydrogen-bond donors (Lipinski definition) is 2. The van der Waals surface area contributed by atoms with Crippen LogP contribution < -0.4 is 4.74 Å². The van der Waals surface area contributed by atoms with Gasteiger partial charge in [-0.25, -0.2) is 9.59 Å². The Morgan fingerprint density at radius 1 is 1.02 bits per heavy atom. The summed E-state index contributed by atoms with van der Waals surface area (Å²) in [7, 11) is 0. The summed E-state index contributed by atoms with van der Waals surface area (Å²) in [5.74, 6) is -0.591. The van der Waals surface area contributed by atoms with Crippen molar-refractivity contribution in [2.24, 2.45) is 0 Å². The van der Waals surface area contributed by atoms with E-state index in [0.29, 0.717) is 24.3 Å². The Morgan fingerprint density at radius 2 is 1.73 bits per heavy atom. The van der Waals surface area contributed by atoms with E-state index in [1.807, 2.05) is 51.1 Å². The second kappa shape index (κ2) is 13.6. The van der Waals surface area contributed by atoms with Gasteiger partial charge in [0.1, 0.15) is 16.9 Å². The molecule has 1 heterocycles. The van der Waals surface area contributed by atoms with Gasteiger partial charge in [-0.2, -0.15) is 0 Å². The van der Waals surface area contributed by atoms with Crippen LogP contribution in [0, 0.1) is 0 Å². The molecule has 1 fully saturated rings. The summed E-state index contributed by atoms with van der Waals surface area (Å²) in [6.07, 6.45) is 7.73. The summed E-state index contributed by atoms with van der Waals surface area (Å²) in [6.45, 7) is 5.88. The number of ether oxygens (including phenoxy) is 2. The number of pyridine rings is 1. The van der Waals surface area contributed by atoms with E-state index in [1.165, 1.54) is 11.3 Å². The molecule has 0 saturated heterocycles. The number of aliphatic hydroxyl groups is 1. The van der Waals surface area contributed by atoms with Crippen LogP contribution in [0.25, 0.3) is 11.1 Å². The lowest BCUT2D eigenvalue weighted by molar-refractivity contribution is 0.0146. The first kappa shape index (κ1) is 30.1. The molecule has 1 aliphatic rings. The molecule has 1 saturated carbocycles. The van der Waals surface area contributed by atoms with Gasteiger partial charge in [0.2, 0.25) is 0 Å². The Hall–Kier alpha value is -3.91. The highest BCUT2D eigenvalue weighted by atomic mass is 16.6. The lowest BCUT2D eigenvalue weighted by Crippen LogP contribution is -2.40. The number of rotatable bonds is 10. The Bertz CT molecular complexity index is 1300. The second-order valence-electron chi connectivity index (χ2n) is 11.6. The maximum absolute atomic E-state index is 13.0. The molecular weight excluding hydrogens is 520 g/mol. The van der Waals surface area contributed by atoms with Crippen molar-refractivity contribution in [1.82, 2.24) is 9.88 Å². The summed E-state index contributed by atoms with van der Waals surface area (Å²) < 4.78 is 11.8. The molecule has 1 amide bonds. The molecule has 3 aromatic rings. The molecule has 8 nitrogen and oxygen atoms in total. The normalized spacial score (nSPS) is 14.7. The van der Waals surface area contributed by atoms with Crippen molar-refractivity contribution in [3.63, 3.8) is 0 Å². The molecule has 0 radical (unpaired) electrons.